The van der Waals surface area contributed by atoms with Crippen LogP contribution in [0.25, 0.3) is 16.6 Å². The number of nitrogens with one attached hydrogen (secondary N) is 2. The fourth-order valence-corrected chi connectivity index (χ4v) is 5.04. The molecule has 0 aliphatic carbocycles. The maximum atomic E-state index is 11.2. The Hall–Kier alpha value is -3.45. The lowest BCUT2D eigenvalue weighted by atomic mass is 9.90. The average molecular weight is 457 g/mol. The molecule has 3 heterocycles. The van der Waals surface area contributed by atoms with E-state index in [1.807, 2.05) is 16.7 Å². The minimum absolute atomic E-state index is 0.0263. The molecule has 7 nitrogen and oxygen atoms in total. The first-order valence-electron chi connectivity index (χ1n) is 12.2. The standard InChI is InChI=1S/C27H32N6O/c1-20(34)31-24-6-4-21(5-7-24)15-22-10-13-32(14-11-22)12-2-3-23-17-28-27-9-8-25(16-26(23)27)33-18-29-30-19-33/h4-9,16-19,22,28H,2-3,10-15H2,1H3,(H,31,34). The van der Waals surface area contributed by atoms with Crippen molar-refractivity contribution in [3.05, 3.63) is 72.4 Å². The molecule has 176 valence electrons. The average Bonchev–Trinajstić information content (AvgIpc) is 3.51. The van der Waals surface area contributed by atoms with E-state index in [-0.39, 0.29) is 5.91 Å². The van der Waals surface area contributed by atoms with E-state index in [0.717, 1.165) is 36.7 Å². The van der Waals surface area contributed by atoms with Crippen LogP contribution in [0.15, 0.2) is 61.3 Å². The third-order valence-corrected chi connectivity index (χ3v) is 6.89. The Bertz CT molecular complexity index is 1220. The van der Waals surface area contributed by atoms with Gasteiger partial charge in [0.1, 0.15) is 12.7 Å². The maximum absolute atomic E-state index is 11.2. The number of anilines is 1. The number of aromatic nitrogens is 4. The highest BCUT2D eigenvalue weighted by Crippen LogP contribution is 2.25. The number of piperidine rings is 1. The Morgan fingerprint density at radius 3 is 2.59 bits per heavy atom. The van der Waals surface area contributed by atoms with Crippen LogP contribution in [-0.4, -0.2) is 50.2 Å². The van der Waals surface area contributed by atoms with E-state index >= 15 is 0 Å². The molecule has 5 rings (SSSR count). The summed E-state index contributed by atoms with van der Waals surface area (Å²) in [5.74, 6) is 0.717. The molecule has 1 fully saturated rings. The van der Waals surface area contributed by atoms with Crippen molar-refractivity contribution in [3.8, 4) is 5.69 Å². The number of aryl methyl sites for hydroxylation is 1. The van der Waals surface area contributed by atoms with Crippen molar-refractivity contribution in [3.63, 3.8) is 0 Å². The fraction of sp³-hybridized carbons (Fsp3) is 0.370. The first kappa shape index (κ1) is 22.3. The van der Waals surface area contributed by atoms with E-state index < -0.39 is 0 Å². The van der Waals surface area contributed by atoms with Gasteiger partial charge in [-0.15, -0.1) is 10.2 Å². The van der Waals surface area contributed by atoms with E-state index in [1.54, 1.807) is 19.6 Å². The topological polar surface area (TPSA) is 78.8 Å². The van der Waals surface area contributed by atoms with Gasteiger partial charge in [0.25, 0.3) is 0 Å². The number of fused-ring (bicyclic) bond motifs is 1. The largest absolute Gasteiger partial charge is 0.361 e. The summed E-state index contributed by atoms with van der Waals surface area (Å²) in [5.41, 5.74) is 5.87. The van der Waals surface area contributed by atoms with Crippen molar-refractivity contribution < 1.29 is 4.79 Å². The minimum atomic E-state index is -0.0263. The molecular weight excluding hydrogens is 424 g/mol. The first-order chi connectivity index (χ1) is 16.6. The molecule has 0 atom stereocenters. The Labute approximate surface area is 200 Å². The molecule has 0 saturated carbocycles. The van der Waals surface area contributed by atoms with Gasteiger partial charge in [-0.05, 0) is 99.1 Å². The molecule has 1 aliphatic heterocycles. The van der Waals surface area contributed by atoms with Crippen molar-refractivity contribution in [1.82, 2.24) is 24.6 Å². The second kappa shape index (κ2) is 10.2. The Morgan fingerprint density at radius 2 is 1.85 bits per heavy atom. The number of benzene rings is 2. The molecule has 1 aliphatic rings. The van der Waals surface area contributed by atoms with Crippen LogP contribution in [-0.2, 0) is 17.6 Å². The summed E-state index contributed by atoms with van der Waals surface area (Å²) in [6.45, 7) is 5.05. The molecule has 2 aromatic heterocycles. The number of rotatable bonds is 8. The lowest BCUT2D eigenvalue weighted by molar-refractivity contribution is -0.114. The minimum Gasteiger partial charge on any atom is -0.361 e. The number of hydrogen-bond donors (Lipinski definition) is 2. The third-order valence-electron chi connectivity index (χ3n) is 6.89. The summed E-state index contributed by atoms with van der Waals surface area (Å²) in [5, 5.41) is 12.0. The van der Waals surface area contributed by atoms with Gasteiger partial charge in [0, 0.05) is 35.4 Å². The molecule has 0 radical (unpaired) electrons. The molecule has 2 N–H and O–H groups in total. The monoisotopic (exact) mass is 456 g/mol. The predicted molar refractivity (Wildman–Crippen MR) is 135 cm³/mol. The highest BCUT2D eigenvalue weighted by molar-refractivity contribution is 5.88. The van der Waals surface area contributed by atoms with Crippen LogP contribution in [0.5, 0.6) is 0 Å². The van der Waals surface area contributed by atoms with E-state index in [9.17, 15) is 4.79 Å². The molecule has 0 bridgehead atoms. The number of nitrogens with zero attached hydrogens (tertiary/aromatic N) is 4. The second-order valence-electron chi connectivity index (χ2n) is 9.38. The molecule has 4 aromatic rings. The highest BCUT2D eigenvalue weighted by atomic mass is 16.1. The maximum Gasteiger partial charge on any atom is 0.221 e. The molecular formula is C27H32N6O. The Kier molecular flexibility index (Phi) is 6.72. The summed E-state index contributed by atoms with van der Waals surface area (Å²) in [6.07, 6.45) is 11.5. The SMILES string of the molecule is CC(=O)Nc1ccc(CC2CCN(CCCc3c[nH]c4ccc(-n5cnnc5)cc34)CC2)cc1. The predicted octanol–water partition coefficient (Wildman–Crippen LogP) is 4.59. The van der Waals surface area contributed by atoms with Crippen LogP contribution in [0, 0.1) is 5.92 Å². The van der Waals surface area contributed by atoms with E-state index in [1.165, 1.54) is 54.4 Å². The van der Waals surface area contributed by atoms with Crippen LogP contribution in [0.3, 0.4) is 0 Å². The summed E-state index contributed by atoms with van der Waals surface area (Å²) < 4.78 is 1.94. The number of hydrogen-bond acceptors (Lipinski definition) is 4. The summed E-state index contributed by atoms with van der Waals surface area (Å²) in [4.78, 5) is 17.2. The summed E-state index contributed by atoms with van der Waals surface area (Å²) >= 11 is 0. The molecule has 0 unspecified atom stereocenters. The zero-order valence-electron chi connectivity index (χ0n) is 19.7. The van der Waals surface area contributed by atoms with Crippen LogP contribution in [0.4, 0.5) is 5.69 Å². The first-order valence-corrected chi connectivity index (χ1v) is 12.2. The number of carbonyl (C=O) groups is 1. The molecule has 0 spiro atoms. The van der Waals surface area contributed by atoms with Gasteiger partial charge in [-0.2, -0.15) is 0 Å². The number of H-pyrrole nitrogens is 1. The summed E-state index contributed by atoms with van der Waals surface area (Å²) in [7, 11) is 0. The number of aromatic amines is 1. The number of amides is 1. The van der Waals surface area contributed by atoms with Crippen LogP contribution < -0.4 is 5.32 Å². The third kappa shape index (κ3) is 5.37. The highest BCUT2D eigenvalue weighted by Gasteiger charge is 2.19. The van der Waals surface area contributed by atoms with Gasteiger partial charge in [-0.25, -0.2) is 0 Å². The van der Waals surface area contributed by atoms with Crippen molar-refractivity contribution >= 4 is 22.5 Å². The van der Waals surface area contributed by atoms with Gasteiger partial charge in [-0.1, -0.05) is 12.1 Å². The van der Waals surface area contributed by atoms with Crippen molar-refractivity contribution in [2.75, 3.05) is 25.0 Å². The smallest absolute Gasteiger partial charge is 0.221 e. The zero-order valence-corrected chi connectivity index (χ0v) is 19.7. The summed E-state index contributed by atoms with van der Waals surface area (Å²) in [6, 6.07) is 14.7. The Morgan fingerprint density at radius 1 is 1.09 bits per heavy atom. The number of likely N-dealkylation sites (tertiary alicyclic amines) is 1. The molecule has 1 saturated heterocycles. The quantitative estimate of drug-likeness (QED) is 0.406. The van der Waals surface area contributed by atoms with Gasteiger partial charge in [0.2, 0.25) is 5.91 Å². The van der Waals surface area contributed by atoms with Gasteiger partial charge in [-0.3, -0.25) is 9.36 Å². The van der Waals surface area contributed by atoms with E-state index in [4.69, 9.17) is 0 Å². The van der Waals surface area contributed by atoms with Crippen LogP contribution >= 0.6 is 0 Å². The van der Waals surface area contributed by atoms with E-state index in [2.05, 4.69) is 61.9 Å². The van der Waals surface area contributed by atoms with Crippen LogP contribution in [0.2, 0.25) is 0 Å². The number of carbonyl (C=O) groups excluding carboxylic acids is 1. The fourth-order valence-electron chi connectivity index (χ4n) is 5.04. The molecule has 1 amide bonds. The van der Waals surface area contributed by atoms with Crippen molar-refractivity contribution in [2.24, 2.45) is 5.92 Å². The van der Waals surface area contributed by atoms with Gasteiger partial charge in [0.15, 0.2) is 0 Å². The molecule has 34 heavy (non-hydrogen) atoms. The van der Waals surface area contributed by atoms with Gasteiger partial charge < -0.3 is 15.2 Å². The molecule has 2 aromatic carbocycles. The second-order valence-corrected chi connectivity index (χ2v) is 9.38. The Balaban J connectivity index is 1.09. The zero-order chi connectivity index (χ0) is 23.3. The van der Waals surface area contributed by atoms with Gasteiger partial charge >= 0.3 is 0 Å². The normalized spacial score (nSPS) is 15.1. The molecule has 7 heteroatoms. The van der Waals surface area contributed by atoms with Crippen molar-refractivity contribution in [1.29, 1.82) is 0 Å². The van der Waals surface area contributed by atoms with Crippen LogP contribution in [0.1, 0.15) is 37.3 Å². The lowest BCUT2D eigenvalue weighted by Crippen LogP contribution is -2.35. The van der Waals surface area contributed by atoms with E-state index in [0.29, 0.717) is 0 Å². The lowest BCUT2D eigenvalue weighted by Gasteiger charge is -2.32. The van der Waals surface area contributed by atoms with Crippen molar-refractivity contribution in [2.45, 2.75) is 39.0 Å². The van der Waals surface area contributed by atoms with Gasteiger partial charge in [0.05, 0.1) is 0 Å².